The predicted molar refractivity (Wildman–Crippen MR) is 112 cm³/mol. The minimum absolute atomic E-state index is 0.144. The van der Waals surface area contributed by atoms with E-state index < -0.39 is 20.7 Å². The first-order chi connectivity index (χ1) is 12.8. The van der Waals surface area contributed by atoms with Crippen molar-refractivity contribution in [1.82, 2.24) is 0 Å². The summed E-state index contributed by atoms with van der Waals surface area (Å²) in [7, 11) is -6.00. The van der Waals surface area contributed by atoms with E-state index in [1.165, 1.54) is 0 Å². The normalized spacial score (nSPS) is 12.6. The third-order valence-corrected chi connectivity index (χ3v) is 10.4. The van der Waals surface area contributed by atoms with Crippen LogP contribution in [-0.4, -0.2) is 45.3 Å². The van der Waals surface area contributed by atoms with Crippen LogP contribution in [0.15, 0.2) is 29.2 Å². The van der Waals surface area contributed by atoms with Crippen molar-refractivity contribution in [1.29, 1.82) is 0 Å². The van der Waals surface area contributed by atoms with Crippen LogP contribution in [0.25, 0.3) is 0 Å². The molecule has 0 N–H and O–H groups in total. The Morgan fingerprint density at radius 3 is 1.52 bits per heavy atom. The number of rotatable bonds is 13. The van der Waals surface area contributed by atoms with Crippen molar-refractivity contribution in [2.45, 2.75) is 38.1 Å². The van der Waals surface area contributed by atoms with Crippen LogP contribution in [-0.2, 0) is 27.2 Å². The average molecular weight is 439 g/mol. The highest BCUT2D eigenvalue weighted by Gasteiger charge is 2.53. The fourth-order valence-electron chi connectivity index (χ4n) is 2.61. The Balaban J connectivity index is 3.49. The molecule has 1 aromatic carbocycles. The van der Waals surface area contributed by atoms with Crippen molar-refractivity contribution in [2.75, 3.05) is 44.6 Å². The number of thioether (sulfide) groups is 1. The Kier molecular flexibility index (Phi) is 10.6. The molecular formula is C17H31NO6P2S. The van der Waals surface area contributed by atoms with Gasteiger partial charge in [-0.25, -0.2) is 0 Å². The fraction of sp³-hybridized carbons (Fsp3) is 0.647. The quantitative estimate of drug-likeness (QED) is 0.288. The molecule has 0 amide bonds. The van der Waals surface area contributed by atoms with E-state index in [-0.39, 0.29) is 26.4 Å². The maximum atomic E-state index is 13.6. The summed E-state index contributed by atoms with van der Waals surface area (Å²) in [6, 6.07) is 7.60. The van der Waals surface area contributed by atoms with Gasteiger partial charge < -0.3 is 23.0 Å². The summed E-state index contributed by atoms with van der Waals surface area (Å²) in [5.74, 6) is 0. The number of hydrogen-bond donors (Lipinski definition) is 0. The van der Waals surface area contributed by atoms with Gasteiger partial charge in [0, 0.05) is 17.6 Å². The summed E-state index contributed by atoms with van der Waals surface area (Å²) >= 11 is 1.61. The lowest BCUT2D eigenvalue weighted by molar-refractivity contribution is 0.195. The van der Waals surface area contributed by atoms with Crippen molar-refractivity contribution >= 4 is 32.6 Å². The topological polar surface area (TPSA) is 74.3 Å². The zero-order valence-corrected chi connectivity index (χ0v) is 19.5. The van der Waals surface area contributed by atoms with E-state index in [2.05, 4.69) is 0 Å². The van der Waals surface area contributed by atoms with Gasteiger partial charge in [0.1, 0.15) is 0 Å². The van der Waals surface area contributed by atoms with E-state index >= 15 is 0 Å². The molecule has 0 saturated carbocycles. The summed E-state index contributed by atoms with van der Waals surface area (Å²) in [6.07, 6.45) is 1.98. The number of benzene rings is 1. The number of hydrogen-bond acceptors (Lipinski definition) is 8. The van der Waals surface area contributed by atoms with Gasteiger partial charge in [-0.3, -0.25) is 9.13 Å². The van der Waals surface area contributed by atoms with Crippen LogP contribution in [0.2, 0.25) is 0 Å². The van der Waals surface area contributed by atoms with Crippen LogP contribution in [0.4, 0.5) is 5.69 Å². The summed E-state index contributed by atoms with van der Waals surface area (Å²) in [5.41, 5.74) is -0.512. The standard InChI is InChI=1S/C17H31NO6P2S/c1-7-21-25(19,22-8-2)17(26(20,23-9-3)24-10-4)18(5)15-11-13-16(27-6)14-12-15/h11-14,17H,7-10H2,1-6H3. The molecule has 0 unspecified atom stereocenters. The molecule has 7 nitrogen and oxygen atoms in total. The maximum Gasteiger partial charge on any atom is 0.365 e. The van der Waals surface area contributed by atoms with E-state index in [4.69, 9.17) is 18.1 Å². The van der Waals surface area contributed by atoms with Crippen LogP contribution in [0.5, 0.6) is 0 Å². The van der Waals surface area contributed by atoms with E-state index in [1.807, 2.05) is 30.5 Å². The Labute approximate surface area is 167 Å². The molecule has 10 heteroatoms. The molecule has 156 valence electrons. The number of nitrogens with zero attached hydrogens (tertiary/aromatic N) is 1. The lowest BCUT2D eigenvalue weighted by atomic mass is 10.3. The second kappa shape index (κ2) is 11.6. The third-order valence-electron chi connectivity index (χ3n) is 3.63. The molecule has 0 fully saturated rings. The van der Waals surface area contributed by atoms with Crippen molar-refractivity contribution in [3.05, 3.63) is 24.3 Å². The molecule has 0 aliphatic carbocycles. The molecule has 0 radical (unpaired) electrons. The second-order valence-electron chi connectivity index (χ2n) is 5.41. The van der Waals surface area contributed by atoms with Gasteiger partial charge in [-0.05, 0) is 58.2 Å². The summed E-state index contributed by atoms with van der Waals surface area (Å²) in [4.78, 5) is 2.70. The molecule has 1 rings (SSSR count). The van der Waals surface area contributed by atoms with Crippen LogP contribution in [0.1, 0.15) is 27.7 Å². The first kappa shape index (κ1) is 24.7. The third kappa shape index (κ3) is 6.33. The Morgan fingerprint density at radius 2 is 1.22 bits per heavy atom. The molecule has 0 aromatic heterocycles. The molecular weight excluding hydrogens is 408 g/mol. The second-order valence-corrected chi connectivity index (χ2v) is 10.9. The molecule has 27 heavy (non-hydrogen) atoms. The minimum Gasteiger partial charge on any atom is -0.351 e. The number of anilines is 1. The molecule has 0 bridgehead atoms. The summed E-state index contributed by atoms with van der Waals surface area (Å²) in [6.45, 7) is 7.42. The van der Waals surface area contributed by atoms with Crippen LogP contribution in [0.3, 0.4) is 0 Å². The van der Waals surface area contributed by atoms with E-state index in [1.54, 1.807) is 51.4 Å². The van der Waals surface area contributed by atoms with Crippen LogP contribution in [0, 0.1) is 0 Å². The minimum atomic E-state index is -3.84. The van der Waals surface area contributed by atoms with Gasteiger partial charge in [-0.2, -0.15) is 0 Å². The molecule has 0 heterocycles. The predicted octanol–water partition coefficient (Wildman–Crippen LogP) is 5.66. The highest BCUT2D eigenvalue weighted by Crippen LogP contribution is 2.71. The zero-order chi connectivity index (χ0) is 20.5. The monoisotopic (exact) mass is 439 g/mol. The first-order valence-electron chi connectivity index (χ1n) is 8.96. The largest absolute Gasteiger partial charge is 0.365 e. The van der Waals surface area contributed by atoms with Crippen LogP contribution >= 0.6 is 27.0 Å². The SMILES string of the molecule is CCOP(=O)(OCC)C(N(C)c1ccc(SC)cc1)P(=O)(OCC)OCC. The van der Waals surface area contributed by atoms with Gasteiger partial charge in [0.15, 0.2) is 0 Å². The lowest BCUT2D eigenvalue weighted by Gasteiger charge is -2.37. The van der Waals surface area contributed by atoms with Gasteiger partial charge in [0.25, 0.3) is 0 Å². The Bertz CT molecular complexity index is 607. The van der Waals surface area contributed by atoms with E-state index in [9.17, 15) is 9.13 Å². The molecule has 0 aliphatic rings. The lowest BCUT2D eigenvalue weighted by Crippen LogP contribution is -2.34. The van der Waals surface area contributed by atoms with Gasteiger partial charge >= 0.3 is 15.2 Å². The van der Waals surface area contributed by atoms with Crippen molar-refractivity contribution in [2.24, 2.45) is 0 Å². The molecule has 0 spiro atoms. The fourth-order valence-corrected chi connectivity index (χ4v) is 8.44. The molecule has 0 atom stereocenters. The summed E-state index contributed by atoms with van der Waals surface area (Å²) in [5, 5.41) is 0. The van der Waals surface area contributed by atoms with E-state index in [0.717, 1.165) is 4.90 Å². The van der Waals surface area contributed by atoms with Crippen molar-refractivity contribution in [3.8, 4) is 0 Å². The van der Waals surface area contributed by atoms with Gasteiger partial charge in [0.05, 0.1) is 26.4 Å². The van der Waals surface area contributed by atoms with Crippen LogP contribution < -0.4 is 4.90 Å². The van der Waals surface area contributed by atoms with Crippen molar-refractivity contribution in [3.63, 3.8) is 0 Å². The van der Waals surface area contributed by atoms with Gasteiger partial charge in [-0.1, -0.05) is 0 Å². The maximum absolute atomic E-state index is 13.6. The first-order valence-corrected chi connectivity index (χ1v) is 13.4. The van der Waals surface area contributed by atoms with Crippen molar-refractivity contribution < 1.29 is 27.2 Å². The smallest absolute Gasteiger partial charge is 0.351 e. The molecule has 0 aliphatic heterocycles. The molecule has 1 aromatic rings. The Hall–Kier alpha value is -0.330. The highest BCUT2D eigenvalue weighted by molar-refractivity contribution is 7.98. The molecule has 0 saturated heterocycles. The highest BCUT2D eigenvalue weighted by atomic mass is 32.2. The Morgan fingerprint density at radius 1 is 0.852 bits per heavy atom. The average Bonchev–Trinajstić information content (AvgIpc) is 2.62. The summed E-state index contributed by atoms with van der Waals surface area (Å²) < 4.78 is 49.3. The van der Waals surface area contributed by atoms with Gasteiger partial charge in [0.2, 0.25) is 5.52 Å². The zero-order valence-electron chi connectivity index (χ0n) is 16.9. The van der Waals surface area contributed by atoms with Gasteiger partial charge in [-0.15, -0.1) is 11.8 Å². The van der Waals surface area contributed by atoms with E-state index in [0.29, 0.717) is 5.69 Å².